The number of amides is 1. The van der Waals surface area contributed by atoms with Crippen LogP contribution in [0.2, 0.25) is 0 Å². The van der Waals surface area contributed by atoms with Gasteiger partial charge in [-0.1, -0.05) is 30.3 Å². The van der Waals surface area contributed by atoms with Crippen LogP contribution in [0.1, 0.15) is 30.5 Å². The summed E-state index contributed by atoms with van der Waals surface area (Å²) < 4.78 is 2.12. The summed E-state index contributed by atoms with van der Waals surface area (Å²) in [5.74, 6) is 0.186. The van der Waals surface area contributed by atoms with Gasteiger partial charge in [-0.05, 0) is 32.5 Å². The van der Waals surface area contributed by atoms with Crippen molar-refractivity contribution in [1.82, 2.24) is 19.4 Å². The average Bonchev–Trinajstić information content (AvgIpc) is 3.10. The summed E-state index contributed by atoms with van der Waals surface area (Å²) in [7, 11) is 3.93. The molecular weight excluding hydrogens is 288 g/mol. The van der Waals surface area contributed by atoms with Crippen LogP contribution < -0.4 is 0 Å². The SMILES string of the molecule is CN(C)C(C(=O)N1CCCC(n2ccnc2)C1)c1ccccc1. The quantitative estimate of drug-likeness (QED) is 0.870. The van der Waals surface area contributed by atoms with Gasteiger partial charge in [-0.2, -0.15) is 0 Å². The molecule has 2 aromatic rings. The summed E-state index contributed by atoms with van der Waals surface area (Å²) in [4.78, 5) is 21.2. The van der Waals surface area contributed by atoms with Crippen molar-refractivity contribution in [2.45, 2.75) is 24.9 Å². The standard InChI is InChI=1S/C18H24N4O/c1-20(2)17(15-7-4-3-5-8-15)18(23)21-11-6-9-16(13-21)22-12-10-19-14-22/h3-5,7-8,10,12,14,16-17H,6,9,11,13H2,1-2H3. The normalized spacial score (nSPS) is 19.8. The number of likely N-dealkylation sites (tertiary alicyclic amines) is 1. The third kappa shape index (κ3) is 3.45. The van der Waals surface area contributed by atoms with Crippen molar-refractivity contribution in [2.75, 3.05) is 27.2 Å². The first-order chi connectivity index (χ1) is 11.2. The topological polar surface area (TPSA) is 41.4 Å². The van der Waals surface area contributed by atoms with Crippen LogP contribution in [0.5, 0.6) is 0 Å². The summed E-state index contributed by atoms with van der Waals surface area (Å²) in [5, 5.41) is 0. The van der Waals surface area contributed by atoms with E-state index in [0.29, 0.717) is 6.04 Å². The lowest BCUT2D eigenvalue weighted by Gasteiger charge is -2.37. The molecule has 2 heterocycles. The molecule has 1 saturated heterocycles. The Labute approximate surface area is 137 Å². The van der Waals surface area contributed by atoms with Crippen LogP contribution in [0.25, 0.3) is 0 Å². The molecule has 1 aromatic heterocycles. The van der Waals surface area contributed by atoms with Crippen molar-refractivity contribution in [3.05, 3.63) is 54.6 Å². The molecule has 0 spiro atoms. The number of carbonyl (C=O) groups is 1. The summed E-state index contributed by atoms with van der Waals surface area (Å²) in [5.41, 5.74) is 1.05. The first-order valence-electron chi connectivity index (χ1n) is 8.14. The Morgan fingerprint density at radius 1 is 1.30 bits per heavy atom. The monoisotopic (exact) mass is 312 g/mol. The Kier molecular flexibility index (Phi) is 4.76. The Morgan fingerprint density at radius 2 is 2.09 bits per heavy atom. The van der Waals surface area contributed by atoms with Gasteiger partial charge in [0, 0.05) is 25.5 Å². The van der Waals surface area contributed by atoms with Crippen molar-refractivity contribution in [2.24, 2.45) is 0 Å². The summed E-state index contributed by atoms with van der Waals surface area (Å²) in [6, 6.07) is 10.1. The average molecular weight is 312 g/mol. The Bertz CT molecular complexity index is 624. The zero-order valence-electron chi connectivity index (χ0n) is 13.8. The highest BCUT2D eigenvalue weighted by Gasteiger charge is 2.31. The second-order valence-corrected chi connectivity index (χ2v) is 6.37. The second-order valence-electron chi connectivity index (χ2n) is 6.37. The number of imidazole rings is 1. The highest BCUT2D eigenvalue weighted by atomic mass is 16.2. The minimum absolute atomic E-state index is 0.186. The number of nitrogens with zero attached hydrogens (tertiary/aromatic N) is 4. The highest BCUT2D eigenvalue weighted by Crippen LogP contribution is 2.26. The molecular formula is C18H24N4O. The lowest BCUT2D eigenvalue weighted by Crippen LogP contribution is -2.45. The first-order valence-corrected chi connectivity index (χ1v) is 8.14. The predicted octanol–water partition coefficient (Wildman–Crippen LogP) is 2.35. The smallest absolute Gasteiger partial charge is 0.244 e. The molecule has 5 nitrogen and oxygen atoms in total. The summed E-state index contributed by atoms with van der Waals surface area (Å²) in [6.45, 7) is 1.59. The van der Waals surface area contributed by atoms with E-state index in [0.717, 1.165) is 31.5 Å². The van der Waals surface area contributed by atoms with Gasteiger partial charge in [0.25, 0.3) is 0 Å². The zero-order chi connectivity index (χ0) is 16.2. The van der Waals surface area contributed by atoms with Crippen LogP contribution in [0.15, 0.2) is 49.1 Å². The lowest BCUT2D eigenvalue weighted by molar-refractivity contribution is -0.138. The van der Waals surface area contributed by atoms with E-state index in [2.05, 4.69) is 9.55 Å². The Hall–Kier alpha value is -2.14. The van der Waals surface area contributed by atoms with Crippen LogP contribution in [0, 0.1) is 0 Å². The first kappa shape index (κ1) is 15.7. The second kappa shape index (κ2) is 6.96. The van der Waals surface area contributed by atoms with Crippen LogP contribution in [-0.4, -0.2) is 52.4 Å². The van der Waals surface area contributed by atoms with E-state index in [4.69, 9.17) is 0 Å². The molecule has 0 N–H and O–H groups in total. The molecule has 0 radical (unpaired) electrons. The molecule has 23 heavy (non-hydrogen) atoms. The van der Waals surface area contributed by atoms with Crippen molar-refractivity contribution in [1.29, 1.82) is 0 Å². The van der Waals surface area contributed by atoms with E-state index in [1.807, 2.05) is 66.8 Å². The molecule has 1 fully saturated rings. The molecule has 2 unspecified atom stereocenters. The number of hydrogen-bond donors (Lipinski definition) is 0. The molecule has 3 rings (SSSR count). The van der Waals surface area contributed by atoms with Crippen molar-refractivity contribution in [3.63, 3.8) is 0 Å². The molecule has 0 saturated carbocycles. The molecule has 1 amide bonds. The maximum atomic E-state index is 13.1. The fourth-order valence-electron chi connectivity index (χ4n) is 3.35. The molecule has 0 aliphatic carbocycles. The molecule has 5 heteroatoms. The van der Waals surface area contributed by atoms with Gasteiger partial charge in [0.2, 0.25) is 5.91 Å². The molecule has 1 aliphatic heterocycles. The van der Waals surface area contributed by atoms with E-state index in [-0.39, 0.29) is 11.9 Å². The van der Waals surface area contributed by atoms with E-state index >= 15 is 0 Å². The fourth-order valence-corrected chi connectivity index (χ4v) is 3.35. The number of likely N-dealkylation sites (N-methyl/N-ethyl adjacent to an activating group) is 1. The minimum atomic E-state index is -0.224. The number of piperidine rings is 1. The van der Waals surface area contributed by atoms with Crippen LogP contribution in [0.4, 0.5) is 0 Å². The van der Waals surface area contributed by atoms with Crippen LogP contribution >= 0.6 is 0 Å². The van der Waals surface area contributed by atoms with E-state index in [9.17, 15) is 4.79 Å². The van der Waals surface area contributed by atoms with Gasteiger partial charge in [0.05, 0.1) is 12.4 Å². The molecule has 2 atom stereocenters. The number of hydrogen-bond acceptors (Lipinski definition) is 3. The Morgan fingerprint density at radius 3 is 2.74 bits per heavy atom. The van der Waals surface area contributed by atoms with Gasteiger partial charge in [-0.25, -0.2) is 4.98 Å². The molecule has 0 bridgehead atoms. The van der Waals surface area contributed by atoms with Gasteiger partial charge < -0.3 is 9.47 Å². The third-order valence-electron chi connectivity index (χ3n) is 4.52. The van der Waals surface area contributed by atoms with E-state index in [1.54, 1.807) is 6.20 Å². The third-order valence-corrected chi connectivity index (χ3v) is 4.52. The van der Waals surface area contributed by atoms with Gasteiger partial charge in [0.1, 0.15) is 6.04 Å². The maximum absolute atomic E-state index is 13.1. The summed E-state index contributed by atoms with van der Waals surface area (Å²) in [6.07, 6.45) is 7.76. The molecule has 122 valence electrons. The summed E-state index contributed by atoms with van der Waals surface area (Å²) >= 11 is 0. The number of aromatic nitrogens is 2. The van der Waals surface area contributed by atoms with Crippen LogP contribution in [0.3, 0.4) is 0 Å². The largest absolute Gasteiger partial charge is 0.339 e. The van der Waals surface area contributed by atoms with E-state index < -0.39 is 0 Å². The van der Waals surface area contributed by atoms with Gasteiger partial charge in [0.15, 0.2) is 0 Å². The molecule has 1 aromatic carbocycles. The Balaban J connectivity index is 1.77. The van der Waals surface area contributed by atoms with E-state index in [1.165, 1.54) is 0 Å². The zero-order valence-corrected chi connectivity index (χ0v) is 13.8. The lowest BCUT2D eigenvalue weighted by atomic mass is 10.0. The molecule has 1 aliphatic rings. The maximum Gasteiger partial charge on any atom is 0.244 e. The minimum Gasteiger partial charge on any atom is -0.339 e. The van der Waals surface area contributed by atoms with Gasteiger partial charge in [-0.15, -0.1) is 0 Å². The van der Waals surface area contributed by atoms with Crippen molar-refractivity contribution in [3.8, 4) is 0 Å². The van der Waals surface area contributed by atoms with Gasteiger partial charge >= 0.3 is 0 Å². The van der Waals surface area contributed by atoms with Gasteiger partial charge in [-0.3, -0.25) is 9.69 Å². The fraction of sp³-hybridized carbons (Fsp3) is 0.444. The van der Waals surface area contributed by atoms with Crippen molar-refractivity contribution >= 4 is 5.91 Å². The highest BCUT2D eigenvalue weighted by molar-refractivity contribution is 5.83. The number of carbonyl (C=O) groups excluding carboxylic acids is 1. The number of benzene rings is 1. The van der Waals surface area contributed by atoms with Crippen molar-refractivity contribution < 1.29 is 4.79 Å². The van der Waals surface area contributed by atoms with Crippen LogP contribution in [-0.2, 0) is 4.79 Å². The predicted molar refractivity (Wildman–Crippen MR) is 89.9 cm³/mol. The number of rotatable bonds is 4.